The largest absolute Gasteiger partial charge is 0.480 e. The lowest BCUT2D eigenvalue weighted by Crippen LogP contribution is -2.48. The second kappa shape index (κ2) is 8.77. The Bertz CT molecular complexity index is 922. The van der Waals surface area contributed by atoms with Gasteiger partial charge in [0.2, 0.25) is 5.91 Å². The van der Waals surface area contributed by atoms with E-state index >= 15 is 0 Å². The number of fused-ring (bicyclic) bond motifs is 1. The Labute approximate surface area is 175 Å². The summed E-state index contributed by atoms with van der Waals surface area (Å²) in [6, 6.07) is 6.63. The van der Waals surface area contributed by atoms with Gasteiger partial charge in [-0.05, 0) is 45.2 Å². The number of carbonyl (C=O) groups is 3. The molecule has 1 aliphatic rings. The highest BCUT2D eigenvalue weighted by Gasteiger charge is 2.32. The number of aromatic nitrogens is 1. The molecule has 1 aromatic heterocycles. The zero-order chi connectivity index (χ0) is 21.9. The summed E-state index contributed by atoms with van der Waals surface area (Å²) in [4.78, 5) is 41.3. The molecule has 0 unspecified atom stereocenters. The minimum Gasteiger partial charge on any atom is -0.480 e. The number of carboxylic acid groups (broad SMARTS) is 1. The minimum absolute atomic E-state index is 0.196. The van der Waals surface area contributed by atoms with Crippen LogP contribution in [-0.4, -0.2) is 57.7 Å². The van der Waals surface area contributed by atoms with Gasteiger partial charge in [-0.15, -0.1) is 0 Å². The van der Waals surface area contributed by atoms with Crippen molar-refractivity contribution in [2.24, 2.45) is 5.92 Å². The van der Waals surface area contributed by atoms with Crippen molar-refractivity contribution in [1.29, 1.82) is 0 Å². The standard InChI is InChI=1S/C22H29N3O5/c1-22(2,3)30-21(29)25-10-8-14(9-11-25)19(26)24-18(20(27)28)12-15-13-23-17-7-5-4-6-16(15)17/h4-7,13-14,18,23H,8-12H2,1-3H3,(H,24,26)(H,27,28)/t18-/m0/s1. The summed E-state index contributed by atoms with van der Waals surface area (Å²) in [5.41, 5.74) is 1.21. The lowest BCUT2D eigenvalue weighted by Gasteiger charge is -2.33. The number of carbonyl (C=O) groups excluding carboxylic acids is 2. The molecule has 2 aromatic rings. The van der Waals surface area contributed by atoms with Gasteiger partial charge in [0.15, 0.2) is 0 Å². The van der Waals surface area contributed by atoms with Gasteiger partial charge in [-0.2, -0.15) is 0 Å². The second-order valence-electron chi connectivity index (χ2n) is 8.70. The molecule has 30 heavy (non-hydrogen) atoms. The third-order valence-corrected chi connectivity index (χ3v) is 5.23. The van der Waals surface area contributed by atoms with Crippen molar-refractivity contribution in [3.63, 3.8) is 0 Å². The average molecular weight is 415 g/mol. The Kier molecular flexibility index (Phi) is 6.34. The number of ether oxygens (including phenoxy) is 1. The number of aromatic amines is 1. The maximum absolute atomic E-state index is 12.7. The molecule has 1 atom stereocenters. The molecule has 8 nitrogen and oxygen atoms in total. The van der Waals surface area contributed by atoms with Gasteiger partial charge in [-0.3, -0.25) is 4.79 Å². The second-order valence-corrected chi connectivity index (χ2v) is 8.70. The number of para-hydroxylation sites is 1. The molecule has 0 aliphatic carbocycles. The molecular formula is C22H29N3O5. The number of H-pyrrole nitrogens is 1. The molecule has 3 N–H and O–H groups in total. The fraction of sp³-hybridized carbons (Fsp3) is 0.500. The number of hydrogen-bond acceptors (Lipinski definition) is 4. The van der Waals surface area contributed by atoms with Crippen LogP contribution in [0.15, 0.2) is 30.5 Å². The molecule has 1 fully saturated rings. The number of nitrogens with zero attached hydrogens (tertiary/aromatic N) is 1. The van der Waals surface area contributed by atoms with Gasteiger partial charge < -0.3 is 25.0 Å². The van der Waals surface area contributed by atoms with Crippen LogP contribution in [0.2, 0.25) is 0 Å². The SMILES string of the molecule is CC(C)(C)OC(=O)N1CCC(C(=O)N[C@@H](Cc2c[nH]c3ccccc23)C(=O)O)CC1. The van der Waals surface area contributed by atoms with Crippen LogP contribution >= 0.6 is 0 Å². The predicted molar refractivity (Wildman–Crippen MR) is 112 cm³/mol. The van der Waals surface area contributed by atoms with Crippen LogP contribution in [0.5, 0.6) is 0 Å². The fourth-order valence-electron chi connectivity index (χ4n) is 3.66. The third-order valence-electron chi connectivity index (χ3n) is 5.23. The molecule has 1 aromatic carbocycles. The summed E-state index contributed by atoms with van der Waals surface area (Å²) in [5.74, 6) is -1.68. The molecule has 0 radical (unpaired) electrons. The van der Waals surface area contributed by atoms with Crippen molar-refractivity contribution >= 4 is 28.9 Å². The highest BCUT2D eigenvalue weighted by molar-refractivity contribution is 5.87. The zero-order valence-corrected chi connectivity index (χ0v) is 17.6. The first-order valence-electron chi connectivity index (χ1n) is 10.2. The minimum atomic E-state index is -1.07. The maximum Gasteiger partial charge on any atom is 0.410 e. The number of rotatable bonds is 5. The quantitative estimate of drug-likeness (QED) is 0.695. The van der Waals surface area contributed by atoms with E-state index in [1.165, 1.54) is 0 Å². The predicted octanol–water partition coefficient (Wildman–Crippen LogP) is 2.93. The summed E-state index contributed by atoms with van der Waals surface area (Å²) in [5, 5.41) is 13.3. The Morgan fingerprint density at radius 2 is 1.90 bits per heavy atom. The van der Waals surface area contributed by atoms with E-state index in [0.717, 1.165) is 16.5 Å². The fourth-order valence-corrected chi connectivity index (χ4v) is 3.66. The molecule has 162 valence electrons. The van der Waals surface area contributed by atoms with Gasteiger partial charge in [0.1, 0.15) is 11.6 Å². The number of nitrogens with one attached hydrogen (secondary N) is 2. The van der Waals surface area contributed by atoms with E-state index in [1.807, 2.05) is 45.0 Å². The topological polar surface area (TPSA) is 112 Å². The Morgan fingerprint density at radius 3 is 2.53 bits per heavy atom. The van der Waals surface area contributed by atoms with Crippen LogP contribution in [0.1, 0.15) is 39.2 Å². The van der Waals surface area contributed by atoms with E-state index in [4.69, 9.17) is 4.74 Å². The van der Waals surface area contributed by atoms with Crippen molar-refractivity contribution in [2.75, 3.05) is 13.1 Å². The Balaban J connectivity index is 1.57. The van der Waals surface area contributed by atoms with E-state index in [-0.39, 0.29) is 24.3 Å². The number of benzene rings is 1. The number of hydrogen-bond donors (Lipinski definition) is 3. The van der Waals surface area contributed by atoms with E-state index in [0.29, 0.717) is 25.9 Å². The normalized spacial score (nSPS) is 16.3. The molecular weight excluding hydrogens is 386 g/mol. The van der Waals surface area contributed by atoms with Crippen molar-refractivity contribution in [1.82, 2.24) is 15.2 Å². The lowest BCUT2D eigenvalue weighted by atomic mass is 9.95. The number of piperidine rings is 1. The number of aliphatic carboxylic acids is 1. The van der Waals surface area contributed by atoms with Crippen LogP contribution < -0.4 is 5.32 Å². The van der Waals surface area contributed by atoms with Crippen molar-refractivity contribution < 1.29 is 24.2 Å². The first-order valence-corrected chi connectivity index (χ1v) is 10.2. The summed E-state index contributed by atoms with van der Waals surface area (Å²) in [7, 11) is 0. The number of carboxylic acids is 1. The Hall–Kier alpha value is -3.03. The van der Waals surface area contributed by atoms with Crippen molar-refractivity contribution in [3.05, 3.63) is 36.0 Å². The van der Waals surface area contributed by atoms with Crippen LogP contribution in [0.25, 0.3) is 10.9 Å². The molecule has 3 rings (SSSR count). The van der Waals surface area contributed by atoms with Gasteiger partial charge >= 0.3 is 12.1 Å². The van der Waals surface area contributed by atoms with Crippen LogP contribution in [0.4, 0.5) is 4.79 Å². The van der Waals surface area contributed by atoms with Gasteiger partial charge in [-0.1, -0.05) is 18.2 Å². The molecule has 2 amide bonds. The summed E-state index contributed by atoms with van der Waals surface area (Å²) >= 11 is 0. The highest BCUT2D eigenvalue weighted by atomic mass is 16.6. The lowest BCUT2D eigenvalue weighted by molar-refractivity contribution is -0.142. The highest BCUT2D eigenvalue weighted by Crippen LogP contribution is 2.22. The molecule has 2 heterocycles. The molecule has 1 aliphatic heterocycles. The summed E-state index contributed by atoms with van der Waals surface area (Å²) < 4.78 is 5.37. The maximum atomic E-state index is 12.7. The third kappa shape index (κ3) is 5.31. The number of likely N-dealkylation sites (tertiary alicyclic amines) is 1. The summed E-state index contributed by atoms with van der Waals surface area (Å²) in [6.07, 6.45) is 2.55. The van der Waals surface area contributed by atoms with Gasteiger partial charge in [-0.25, -0.2) is 9.59 Å². The molecule has 0 spiro atoms. The summed E-state index contributed by atoms with van der Waals surface area (Å²) in [6.45, 7) is 6.25. The van der Waals surface area contributed by atoms with Crippen LogP contribution in [0, 0.1) is 5.92 Å². The van der Waals surface area contributed by atoms with Crippen molar-refractivity contribution in [2.45, 2.75) is 51.7 Å². The first kappa shape index (κ1) is 21.7. The molecule has 1 saturated heterocycles. The Morgan fingerprint density at radius 1 is 1.23 bits per heavy atom. The van der Waals surface area contributed by atoms with E-state index in [1.54, 1.807) is 11.1 Å². The van der Waals surface area contributed by atoms with E-state index in [2.05, 4.69) is 10.3 Å². The van der Waals surface area contributed by atoms with E-state index < -0.39 is 17.6 Å². The van der Waals surface area contributed by atoms with Crippen LogP contribution in [-0.2, 0) is 20.7 Å². The van der Waals surface area contributed by atoms with Gasteiger partial charge in [0, 0.05) is 42.5 Å². The number of amides is 2. The van der Waals surface area contributed by atoms with Crippen LogP contribution in [0.3, 0.4) is 0 Å². The molecule has 8 heteroatoms. The van der Waals surface area contributed by atoms with Crippen molar-refractivity contribution in [3.8, 4) is 0 Å². The first-order chi connectivity index (χ1) is 14.1. The smallest absolute Gasteiger partial charge is 0.410 e. The van der Waals surface area contributed by atoms with E-state index in [9.17, 15) is 19.5 Å². The average Bonchev–Trinajstić information content (AvgIpc) is 3.09. The van der Waals surface area contributed by atoms with Gasteiger partial charge in [0.25, 0.3) is 0 Å². The van der Waals surface area contributed by atoms with Gasteiger partial charge in [0.05, 0.1) is 0 Å². The monoisotopic (exact) mass is 415 g/mol. The molecule has 0 bridgehead atoms. The zero-order valence-electron chi connectivity index (χ0n) is 17.6. The molecule has 0 saturated carbocycles.